The number of carbonyl (C=O) groups excluding carboxylic acids is 1. The summed E-state index contributed by atoms with van der Waals surface area (Å²) in [5.41, 5.74) is 4.46. The molecule has 3 N–H and O–H groups in total. The first-order valence-corrected chi connectivity index (χ1v) is 13.5. The second-order valence-corrected chi connectivity index (χ2v) is 12.9. The Morgan fingerprint density at radius 3 is 2.62 bits per heavy atom. The summed E-state index contributed by atoms with van der Waals surface area (Å²) >= 11 is 0. The Morgan fingerprint density at radius 2 is 1.97 bits per heavy atom. The molecule has 0 saturated carbocycles. The Kier molecular flexibility index (Phi) is 7.34. The number of nitrogens with two attached hydrogens (primary N) is 1. The maximum Gasteiger partial charge on any atom is 0.340 e. The van der Waals surface area contributed by atoms with Gasteiger partial charge in [-0.3, -0.25) is 9.79 Å². The van der Waals surface area contributed by atoms with E-state index in [-0.39, 0.29) is 28.8 Å². The number of nitrogens with zero attached hydrogens (tertiary/aromatic N) is 4. The number of alkyl halides is 4. The molecule has 0 spiro atoms. The molecule has 0 unspecified atom stereocenters. The van der Waals surface area contributed by atoms with Crippen LogP contribution in [0.1, 0.15) is 49.8 Å². The molecule has 0 saturated heterocycles. The molecule has 15 heteroatoms. The van der Waals surface area contributed by atoms with Gasteiger partial charge in [-0.15, -0.1) is 0 Å². The molecule has 1 amide bonds. The number of halogens is 5. The first-order chi connectivity index (χ1) is 18.1. The highest BCUT2D eigenvalue weighted by molar-refractivity contribution is 7.96. The zero-order valence-corrected chi connectivity index (χ0v) is 22.1. The molecule has 39 heavy (non-hydrogen) atoms. The van der Waals surface area contributed by atoms with E-state index in [1.165, 1.54) is 6.07 Å². The summed E-state index contributed by atoms with van der Waals surface area (Å²) in [7, 11) is -2.97. The predicted molar refractivity (Wildman–Crippen MR) is 134 cm³/mol. The second kappa shape index (κ2) is 9.99. The van der Waals surface area contributed by atoms with Crippen LogP contribution in [-0.2, 0) is 15.3 Å². The molecule has 2 aliphatic rings. The number of amides is 1. The lowest BCUT2D eigenvalue weighted by molar-refractivity contribution is -0.148. The monoisotopic (exact) mass is 574 g/mol. The van der Waals surface area contributed by atoms with Crippen molar-refractivity contribution in [2.75, 3.05) is 18.5 Å². The third-order valence-electron chi connectivity index (χ3n) is 6.91. The van der Waals surface area contributed by atoms with Gasteiger partial charge in [0.05, 0.1) is 21.2 Å². The van der Waals surface area contributed by atoms with Crippen LogP contribution in [0.2, 0.25) is 0 Å². The van der Waals surface area contributed by atoms with Crippen LogP contribution < -0.4 is 15.8 Å². The van der Waals surface area contributed by atoms with Crippen LogP contribution in [0.15, 0.2) is 39.8 Å². The molecule has 0 aromatic carbocycles. The normalized spacial score (nSPS) is 26.3. The molecule has 0 bridgehead atoms. The fraction of sp³-hybridized carbons (Fsp3) is 0.500. The van der Waals surface area contributed by atoms with Crippen molar-refractivity contribution in [1.29, 1.82) is 0 Å². The molecule has 0 aliphatic carbocycles. The number of amidine groups is 1. The van der Waals surface area contributed by atoms with Crippen LogP contribution in [-0.4, -0.2) is 61.4 Å². The lowest BCUT2D eigenvalue weighted by Gasteiger charge is -2.47. The van der Waals surface area contributed by atoms with Crippen molar-refractivity contribution in [3.8, 4) is 5.75 Å². The van der Waals surface area contributed by atoms with Crippen molar-refractivity contribution in [3.05, 3.63) is 47.7 Å². The standard InChI is InChI=1S/C24H27F5N6O3S/c1-22(2)21(30)35-23(3,16-5-4-10-32-39(16,22)37)18-14(25)7-9-17(33-18)34-19(36)15-8-6-13(11-31-15)38-12-24(28,29)20(26)27/h6-9,11,16,20H,4-5,10,12H2,1-3H3,(H2,30,35)(H,33,34,36)/t16-,23-,39-/m0/s1. The summed E-state index contributed by atoms with van der Waals surface area (Å²) in [4.78, 5) is 25.4. The van der Waals surface area contributed by atoms with Crippen LogP contribution >= 0.6 is 0 Å². The Morgan fingerprint density at radius 1 is 1.26 bits per heavy atom. The molecule has 2 aliphatic heterocycles. The van der Waals surface area contributed by atoms with Gasteiger partial charge in [0, 0.05) is 6.54 Å². The average Bonchev–Trinajstić information content (AvgIpc) is 2.88. The number of fused-ring (bicyclic) bond motifs is 1. The molecule has 4 heterocycles. The number of aromatic nitrogens is 2. The quantitative estimate of drug-likeness (QED) is 0.478. The molecular formula is C24H27F5N6O3S. The van der Waals surface area contributed by atoms with Gasteiger partial charge in [-0.05, 0) is 57.9 Å². The summed E-state index contributed by atoms with van der Waals surface area (Å²) in [6.45, 7) is 3.81. The van der Waals surface area contributed by atoms with Gasteiger partial charge in [-0.25, -0.2) is 31.7 Å². The summed E-state index contributed by atoms with van der Waals surface area (Å²) < 4.78 is 88.0. The number of ether oxygens (including phenoxy) is 1. The van der Waals surface area contributed by atoms with Crippen LogP contribution in [0.4, 0.5) is 27.8 Å². The third-order valence-corrected chi connectivity index (χ3v) is 10.6. The lowest BCUT2D eigenvalue weighted by Crippen LogP contribution is -2.60. The highest BCUT2D eigenvalue weighted by Crippen LogP contribution is 2.47. The zero-order chi connectivity index (χ0) is 28.8. The van der Waals surface area contributed by atoms with Crippen molar-refractivity contribution in [3.63, 3.8) is 0 Å². The Hall–Kier alpha value is -3.36. The van der Waals surface area contributed by atoms with E-state index in [2.05, 4.69) is 29.4 Å². The number of rotatable bonds is 7. The van der Waals surface area contributed by atoms with Gasteiger partial charge in [0.1, 0.15) is 44.9 Å². The van der Waals surface area contributed by atoms with E-state index in [9.17, 15) is 26.6 Å². The number of aliphatic imine (C=N–C) groups is 1. The van der Waals surface area contributed by atoms with Gasteiger partial charge in [-0.2, -0.15) is 8.78 Å². The minimum Gasteiger partial charge on any atom is -0.485 e. The smallest absolute Gasteiger partial charge is 0.340 e. The van der Waals surface area contributed by atoms with E-state index in [1.807, 2.05) is 0 Å². The van der Waals surface area contributed by atoms with Gasteiger partial charge >= 0.3 is 12.3 Å². The lowest BCUT2D eigenvalue weighted by atomic mass is 9.89. The van der Waals surface area contributed by atoms with Crippen molar-refractivity contribution in [2.24, 2.45) is 15.1 Å². The fourth-order valence-electron chi connectivity index (χ4n) is 4.54. The molecule has 9 nitrogen and oxygen atoms in total. The van der Waals surface area contributed by atoms with Gasteiger partial charge in [-0.1, -0.05) is 0 Å². The summed E-state index contributed by atoms with van der Waals surface area (Å²) in [6.07, 6.45) is -1.89. The summed E-state index contributed by atoms with van der Waals surface area (Å²) in [5, 5.41) is 1.79. The van der Waals surface area contributed by atoms with Crippen LogP contribution in [0, 0.1) is 5.82 Å². The zero-order valence-electron chi connectivity index (χ0n) is 21.3. The SMILES string of the molecule is CC1(C)C(N)=N[C@](C)(c2nc(NC(=O)c3ccc(OCC(F)(F)C(F)F)cn3)ccc2F)[C@@H]2CCCN=[S@]21=O. The number of pyridine rings is 2. The fourth-order valence-corrected chi connectivity index (χ4v) is 7.77. The third kappa shape index (κ3) is 5.03. The number of carbonyl (C=O) groups is 1. The summed E-state index contributed by atoms with van der Waals surface area (Å²) in [6, 6.07) is 4.54. The van der Waals surface area contributed by atoms with Crippen LogP contribution in [0.3, 0.4) is 0 Å². The molecule has 2 aromatic heterocycles. The van der Waals surface area contributed by atoms with E-state index in [0.29, 0.717) is 19.4 Å². The first-order valence-electron chi connectivity index (χ1n) is 11.9. The Bertz CT molecular complexity index is 1430. The largest absolute Gasteiger partial charge is 0.485 e. The molecule has 2 aromatic rings. The van der Waals surface area contributed by atoms with Crippen molar-refractivity contribution in [2.45, 2.75) is 61.5 Å². The minimum atomic E-state index is -4.35. The van der Waals surface area contributed by atoms with Crippen molar-refractivity contribution in [1.82, 2.24) is 9.97 Å². The maximum atomic E-state index is 15.2. The van der Waals surface area contributed by atoms with Gasteiger partial charge in [0.15, 0.2) is 6.61 Å². The number of anilines is 1. The second-order valence-electron chi connectivity index (χ2n) is 9.92. The molecule has 212 valence electrons. The van der Waals surface area contributed by atoms with Crippen molar-refractivity contribution < 1.29 is 35.7 Å². The molecular weight excluding hydrogens is 547 g/mol. The van der Waals surface area contributed by atoms with Crippen LogP contribution in [0.5, 0.6) is 5.75 Å². The van der Waals surface area contributed by atoms with E-state index < -0.39 is 55.9 Å². The van der Waals surface area contributed by atoms with E-state index in [1.54, 1.807) is 20.8 Å². The first kappa shape index (κ1) is 28.6. The molecule has 3 atom stereocenters. The Balaban J connectivity index is 1.58. The maximum absolute atomic E-state index is 15.2. The molecule has 4 rings (SSSR count). The summed E-state index contributed by atoms with van der Waals surface area (Å²) in [5.74, 6) is -6.11. The number of nitrogens with one attached hydrogen (secondary N) is 1. The Labute approximate surface area is 221 Å². The van der Waals surface area contributed by atoms with E-state index >= 15 is 4.39 Å². The van der Waals surface area contributed by atoms with E-state index in [4.69, 9.17) is 5.73 Å². The van der Waals surface area contributed by atoms with Crippen molar-refractivity contribution >= 4 is 27.3 Å². The van der Waals surface area contributed by atoms with Gasteiger partial charge in [0.25, 0.3) is 5.91 Å². The van der Waals surface area contributed by atoms with Gasteiger partial charge in [0.2, 0.25) is 0 Å². The minimum absolute atomic E-state index is 0.0605. The highest BCUT2D eigenvalue weighted by atomic mass is 32.2. The van der Waals surface area contributed by atoms with E-state index in [0.717, 1.165) is 24.4 Å². The highest BCUT2D eigenvalue weighted by Gasteiger charge is 2.56. The molecule has 0 fully saturated rings. The topological polar surface area (TPSA) is 132 Å². The molecule has 0 radical (unpaired) electrons. The number of hydrogen-bond donors (Lipinski definition) is 2. The van der Waals surface area contributed by atoms with Crippen LogP contribution in [0.25, 0.3) is 0 Å². The predicted octanol–water partition coefficient (Wildman–Crippen LogP) is 4.14. The number of hydrogen-bond acceptors (Lipinski definition) is 8. The average molecular weight is 575 g/mol. The van der Waals surface area contributed by atoms with Gasteiger partial charge < -0.3 is 15.8 Å².